The van der Waals surface area contributed by atoms with Crippen molar-refractivity contribution < 1.29 is 4.79 Å². The minimum atomic E-state index is 0.227. The highest BCUT2D eigenvalue weighted by Crippen LogP contribution is 2.27. The monoisotopic (exact) mass is 433 g/mol. The molecule has 1 aromatic heterocycles. The first-order valence-corrected chi connectivity index (χ1v) is 10.1. The summed E-state index contributed by atoms with van der Waals surface area (Å²) < 4.78 is 0.783. The summed E-state index contributed by atoms with van der Waals surface area (Å²) in [5, 5.41) is 6.48. The molecule has 1 saturated carbocycles. The lowest BCUT2D eigenvalue weighted by Crippen LogP contribution is -2.38. The first kappa shape index (κ1) is 21.2. The summed E-state index contributed by atoms with van der Waals surface area (Å²) >= 11 is 3.47. The highest BCUT2D eigenvalue weighted by molar-refractivity contribution is 9.10. The molecule has 0 radical (unpaired) electrons. The van der Waals surface area contributed by atoms with Crippen LogP contribution in [0.5, 0.6) is 0 Å². The van der Waals surface area contributed by atoms with E-state index >= 15 is 0 Å². The zero-order valence-electron chi connectivity index (χ0n) is 16.2. The van der Waals surface area contributed by atoms with Crippen molar-refractivity contribution in [3.8, 4) is 0 Å². The lowest BCUT2D eigenvalue weighted by molar-refractivity contribution is -0.136. The Morgan fingerprint density at radius 2 is 2.15 bits per heavy atom. The van der Waals surface area contributed by atoms with Gasteiger partial charge >= 0.3 is 0 Å². The normalized spacial score (nSPS) is 15.2. The molecule has 2 N–H and O–H groups in total. The van der Waals surface area contributed by atoms with E-state index in [9.17, 15) is 4.79 Å². The van der Waals surface area contributed by atoms with Crippen molar-refractivity contribution in [3.05, 3.63) is 46.7 Å². The maximum Gasteiger partial charge on any atom is 0.229 e. The summed E-state index contributed by atoms with van der Waals surface area (Å²) in [5.74, 6) is 1.68. The minimum absolute atomic E-state index is 0.227. The van der Waals surface area contributed by atoms with E-state index in [1.165, 1.54) is 6.42 Å². The van der Waals surface area contributed by atoms with Gasteiger partial charge in [0, 0.05) is 37.9 Å². The number of allylic oxidation sites excluding steroid dienone is 5. The number of carbonyl (C=O) groups excluding carboxylic acids is 1. The van der Waals surface area contributed by atoms with Crippen LogP contribution in [0.1, 0.15) is 33.1 Å². The van der Waals surface area contributed by atoms with Crippen molar-refractivity contribution >= 4 is 33.6 Å². The second-order valence-electron chi connectivity index (χ2n) is 6.48. The summed E-state index contributed by atoms with van der Waals surface area (Å²) in [6.07, 6.45) is 14.7. The fraction of sp³-hybridized carbons (Fsp3) is 0.450. The van der Waals surface area contributed by atoms with Crippen LogP contribution in [0.25, 0.3) is 0 Å². The number of hydrogen-bond acceptors (Lipinski definition) is 5. The van der Waals surface area contributed by atoms with Gasteiger partial charge in [0.15, 0.2) is 0 Å². The molecule has 7 heteroatoms. The fourth-order valence-electron chi connectivity index (χ4n) is 2.62. The number of halogens is 1. The topological polar surface area (TPSA) is 70.2 Å². The van der Waals surface area contributed by atoms with E-state index in [-0.39, 0.29) is 11.8 Å². The van der Waals surface area contributed by atoms with E-state index in [1.807, 2.05) is 51.3 Å². The number of rotatable bonds is 9. The van der Waals surface area contributed by atoms with E-state index in [0.717, 1.165) is 23.0 Å². The quantitative estimate of drug-likeness (QED) is 0.566. The molecular formula is C20H28BrN5O. The molecule has 0 spiro atoms. The van der Waals surface area contributed by atoms with Crippen molar-refractivity contribution in [3.63, 3.8) is 0 Å². The van der Waals surface area contributed by atoms with E-state index < -0.39 is 0 Å². The zero-order valence-corrected chi connectivity index (χ0v) is 17.8. The molecule has 0 saturated heterocycles. The van der Waals surface area contributed by atoms with Crippen LogP contribution in [0.4, 0.5) is 11.8 Å². The largest absolute Gasteiger partial charge is 0.367 e. The van der Waals surface area contributed by atoms with Crippen LogP contribution < -0.4 is 10.6 Å². The summed E-state index contributed by atoms with van der Waals surface area (Å²) in [4.78, 5) is 22.8. The van der Waals surface area contributed by atoms with Crippen molar-refractivity contribution in [2.45, 2.75) is 33.1 Å². The van der Waals surface area contributed by atoms with Crippen LogP contribution >= 0.6 is 15.9 Å². The molecule has 1 aliphatic carbocycles. The maximum atomic E-state index is 12.2. The second-order valence-corrected chi connectivity index (χ2v) is 7.33. The number of hydrogen-bond donors (Lipinski definition) is 2. The molecular weight excluding hydrogens is 406 g/mol. The smallest absolute Gasteiger partial charge is 0.229 e. The Kier molecular flexibility index (Phi) is 8.51. The van der Waals surface area contributed by atoms with Gasteiger partial charge in [-0.05, 0) is 54.8 Å². The molecule has 0 unspecified atom stereocenters. The van der Waals surface area contributed by atoms with Gasteiger partial charge in [0.25, 0.3) is 0 Å². The van der Waals surface area contributed by atoms with Gasteiger partial charge in [-0.2, -0.15) is 4.98 Å². The predicted molar refractivity (Wildman–Crippen MR) is 115 cm³/mol. The van der Waals surface area contributed by atoms with Gasteiger partial charge in [0.2, 0.25) is 11.9 Å². The van der Waals surface area contributed by atoms with Crippen LogP contribution in [0, 0.1) is 5.92 Å². The molecule has 1 aliphatic rings. The summed E-state index contributed by atoms with van der Waals surface area (Å²) in [6, 6.07) is 0. The Morgan fingerprint density at radius 1 is 1.37 bits per heavy atom. The van der Waals surface area contributed by atoms with Crippen molar-refractivity contribution in [1.82, 2.24) is 14.9 Å². The Hall–Kier alpha value is -2.15. The Balaban J connectivity index is 1.94. The lowest BCUT2D eigenvalue weighted by Gasteiger charge is -2.29. The highest BCUT2D eigenvalue weighted by Gasteiger charge is 2.27. The standard InChI is InChI=1S/C20H28BrN5O/c1-4-6-11-16(8-5-2)24-20-23-14-17(21)18(25-20)22-12-13-26(3)19(27)15-9-7-10-15/h4-6,8,11,14-15H,7,9-10,12-13H2,1-3H3,(H2,22,23,24,25)/b6-4-,8-5-,16-11+. The number of carbonyl (C=O) groups is 1. The number of amides is 1. The third kappa shape index (κ3) is 6.50. The van der Waals surface area contributed by atoms with Gasteiger partial charge in [-0.1, -0.05) is 24.6 Å². The molecule has 0 aromatic carbocycles. The minimum Gasteiger partial charge on any atom is -0.367 e. The molecule has 0 aliphatic heterocycles. The van der Waals surface area contributed by atoms with Crippen LogP contribution in [-0.2, 0) is 4.79 Å². The van der Waals surface area contributed by atoms with E-state index in [1.54, 1.807) is 11.1 Å². The summed E-state index contributed by atoms with van der Waals surface area (Å²) in [6.45, 7) is 5.19. The van der Waals surface area contributed by atoms with Gasteiger partial charge in [0.05, 0.1) is 4.47 Å². The third-order valence-electron chi connectivity index (χ3n) is 4.39. The van der Waals surface area contributed by atoms with E-state index in [0.29, 0.717) is 24.9 Å². The summed E-state index contributed by atoms with van der Waals surface area (Å²) in [5.41, 5.74) is 0.898. The molecule has 1 fully saturated rings. The molecule has 1 amide bonds. The Bertz CT molecular complexity index is 725. The van der Waals surface area contributed by atoms with Crippen LogP contribution in [0.15, 0.2) is 46.7 Å². The number of nitrogens with one attached hydrogen (secondary N) is 2. The molecule has 0 bridgehead atoms. The first-order chi connectivity index (χ1) is 13.0. The van der Waals surface area contributed by atoms with Gasteiger partial charge in [-0.3, -0.25) is 4.79 Å². The number of nitrogens with zero attached hydrogens (tertiary/aromatic N) is 3. The zero-order chi connectivity index (χ0) is 19.6. The number of likely N-dealkylation sites (N-methyl/N-ethyl adjacent to an activating group) is 1. The lowest BCUT2D eigenvalue weighted by atomic mass is 9.84. The molecule has 1 heterocycles. The van der Waals surface area contributed by atoms with Crippen molar-refractivity contribution in [2.24, 2.45) is 5.92 Å². The van der Waals surface area contributed by atoms with Gasteiger partial charge in [-0.15, -0.1) is 0 Å². The SMILES string of the molecule is C\C=C/C=C(\C=C/C)Nc1ncc(Br)c(NCCN(C)C(=O)C2CCC2)n1. The second kappa shape index (κ2) is 10.9. The molecule has 2 rings (SSSR count). The Labute approximate surface area is 170 Å². The average molecular weight is 434 g/mol. The summed E-state index contributed by atoms with van der Waals surface area (Å²) in [7, 11) is 1.86. The number of aromatic nitrogens is 2. The third-order valence-corrected chi connectivity index (χ3v) is 4.97. The van der Waals surface area contributed by atoms with Crippen LogP contribution in [-0.4, -0.2) is 40.9 Å². The van der Waals surface area contributed by atoms with Crippen molar-refractivity contribution in [2.75, 3.05) is 30.8 Å². The predicted octanol–water partition coefficient (Wildman–Crippen LogP) is 4.36. The maximum absolute atomic E-state index is 12.2. The molecule has 146 valence electrons. The van der Waals surface area contributed by atoms with Gasteiger partial charge in [-0.25, -0.2) is 4.98 Å². The Morgan fingerprint density at radius 3 is 2.78 bits per heavy atom. The molecule has 1 aromatic rings. The van der Waals surface area contributed by atoms with E-state index in [2.05, 4.69) is 36.5 Å². The first-order valence-electron chi connectivity index (χ1n) is 9.29. The van der Waals surface area contributed by atoms with Crippen LogP contribution in [0.3, 0.4) is 0 Å². The average Bonchev–Trinajstić information content (AvgIpc) is 2.60. The highest BCUT2D eigenvalue weighted by atomic mass is 79.9. The molecule has 0 atom stereocenters. The van der Waals surface area contributed by atoms with Gasteiger partial charge in [0.1, 0.15) is 5.82 Å². The van der Waals surface area contributed by atoms with E-state index in [4.69, 9.17) is 0 Å². The molecule has 6 nitrogen and oxygen atoms in total. The fourth-order valence-corrected chi connectivity index (χ4v) is 2.95. The van der Waals surface area contributed by atoms with Gasteiger partial charge < -0.3 is 15.5 Å². The van der Waals surface area contributed by atoms with Crippen molar-refractivity contribution in [1.29, 1.82) is 0 Å². The molecule has 27 heavy (non-hydrogen) atoms. The number of anilines is 2. The van der Waals surface area contributed by atoms with Crippen LogP contribution in [0.2, 0.25) is 0 Å².